The summed E-state index contributed by atoms with van der Waals surface area (Å²) in [5.41, 5.74) is 0.605. The van der Waals surface area contributed by atoms with Gasteiger partial charge in [-0.1, -0.05) is 24.3 Å². The predicted octanol–water partition coefficient (Wildman–Crippen LogP) is 2.61. The standard InChI is InChI=1S/C16H14F2N2O2/c17-12-5-3-6-13(8-12)20-16(22)9-15(21)19-10-11-4-1-2-7-14(11)18/h1-8H,9-10H2,(H,19,21)(H,20,22). The summed E-state index contributed by atoms with van der Waals surface area (Å²) in [5, 5.41) is 4.86. The molecule has 2 aromatic carbocycles. The molecule has 0 atom stereocenters. The van der Waals surface area contributed by atoms with Gasteiger partial charge in [0, 0.05) is 17.8 Å². The largest absolute Gasteiger partial charge is 0.351 e. The Morgan fingerprint density at radius 1 is 0.955 bits per heavy atom. The molecule has 0 radical (unpaired) electrons. The third kappa shape index (κ3) is 4.66. The first-order chi connectivity index (χ1) is 10.5. The fraction of sp³-hybridized carbons (Fsp3) is 0.125. The van der Waals surface area contributed by atoms with E-state index in [1.165, 1.54) is 24.3 Å². The zero-order chi connectivity index (χ0) is 15.9. The van der Waals surface area contributed by atoms with Gasteiger partial charge in [-0.05, 0) is 24.3 Å². The average Bonchev–Trinajstić information content (AvgIpc) is 2.46. The molecular weight excluding hydrogens is 290 g/mol. The third-order valence-electron chi connectivity index (χ3n) is 2.86. The number of anilines is 1. The maximum atomic E-state index is 13.4. The maximum absolute atomic E-state index is 13.4. The lowest BCUT2D eigenvalue weighted by molar-refractivity contribution is -0.126. The van der Waals surface area contributed by atoms with Crippen molar-refractivity contribution in [2.75, 3.05) is 5.32 Å². The molecule has 0 heterocycles. The lowest BCUT2D eigenvalue weighted by atomic mass is 10.2. The molecule has 0 bridgehead atoms. The number of amides is 2. The molecule has 0 aliphatic heterocycles. The summed E-state index contributed by atoms with van der Waals surface area (Å²) in [6.45, 7) is -0.00124. The van der Waals surface area contributed by atoms with E-state index in [1.54, 1.807) is 18.2 Å². The molecule has 2 N–H and O–H groups in total. The lowest BCUT2D eigenvalue weighted by Crippen LogP contribution is -2.28. The van der Waals surface area contributed by atoms with Crippen LogP contribution in [0.15, 0.2) is 48.5 Å². The summed E-state index contributed by atoms with van der Waals surface area (Å²) >= 11 is 0. The Hall–Kier alpha value is -2.76. The molecule has 6 heteroatoms. The van der Waals surface area contributed by atoms with Crippen LogP contribution >= 0.6 is 0 Å². The van der Waals surface area contributed by atoms with Gasteiger partial charge in [-0.25, -0.2) is 8.78 Å². The zero-order valence-corrected chi connectivity index (χ0v) is 11.6. The molecule has 2 aromatic rings. The Kier molecular flexibility index (Phi) is 5.19. The van der Waals surface area contributed by atoms with Crippen molar-refractivity contribution in [2.45, 2.75) is 13.0 Å². The Balaban J connectivity index is 1.82. The van der Waals surface area contributed by atoms with Gasteiger partial charge in [0.15, 0.2) is 0 Å². The number of halogens is 2. The van der Waals surface area contributed by atoms with Crippen LogP contribution in [0, 0.1) is 11.6 Å². The van der Waals surface area contributed by atoms with Crippen molar-refractivity contribution in [3.05, 3.63) is 65.7 Å². The second-order valence-corrected chi connectivity index (χ2v) is 4.60. The van der Waals surface area contributed by atoms with Gasteiger partial charge in [0.2, 0.25) is 11.8 Å². The summed E-state index contributed by atoms with van der Waals surface area (Å²) in [5.74, 6) is -2.03. The number of benzene rings is 2. The summed E-state index contributed by atoms with van der Waals surface area (Å²) in [7, 11) is 0. The van der Waals surface area contributed by atoms with E-state index in [9.17, 15) is 18.4 Å². The van der Waals surface area contributed by atoms with E-state index in [2.05, 4.69) is 10.6 Å². The molecule has 0 fully saturated rings. The van der Waals surface area contributed by atoms with Gasteiger partial charge >= 0.3 is 0 Å². The first kappa shape index (κ1) is 15.6. The average molecular weight is 304 g/mol. The van der Waals surface area contributed by atoms with Crippen LogP contribution in [0.5, 0.6) is 0 Å². The van der Waals surface area contributed by atoms with Gasteiger partial charge in [-0.15, -0.1) is 0 Å². The lowest BCUT2D eigenvalue weighted by Gasteiger charge is -2.07. The highest BCUT2D eigenvalue weighted by molar-refractivity contribution is 6.03. The van der Waals surface area contributed by atoms with E-state index in [0.717, 1.165) is 6.07 Å². The van der Waals surface area contributed by atoms with E-state index in [4.69, 9.17) is 0 Å². The van der Waals surface area contributed by atoms with Crippen molar-refractivity contribution in [3.8, 4) is 0 Å². The minimum Gasteiger partial charge on any atom is -0.351 e. The van der Waals surface area contributed by atoms with Crippen molar-refractivity contribution < 1.29 is 18.4 Å². The van der Waals surface area contributed by atoms with E-state index in [1.807, 2.05) is 0 Å². The van der Waals surface area contributed by atoms with Crippen LogP contribution in [0.1, 0.15) is 12.0 Å². The first-order valence-electron chi connectivity index (χ1n) is 6.60. The number of hydrogen-bond donors (Lipinski definition) is 2. The van der Waals surface area contributed by atoms with Crippen molar-refractivity contribution in [1.29, 1.82) is 0 Å². The van der Waals surface area contributed by atoms with E-state index >= 15 is 0 Å². The third-order valence-corrected chi connectivity index (χ3v) is 2.86. The molecular formula is C16H14F2N2O2. The van der Waals surface area contributed by atoms with Crippen molar-refractivity contribution >= 4 is 17.5 Å². The van der Waals surface area contributed by atoms with Crippen LogP contribution in [-0.2, 0) is 16.1 Å². The SMILES string of the molecule is O=C(CC(=O)Nc1cccc(F)c1)NCc1ccccc1F. The highest BCUT2D eigenvalue weighted by Gasteiger charge is 2.10. The predicted molar refractivity (Wildman–Crippen MR) is 77.9 cm³/mol. The molecule has 4 nitrogen and oxygen atoms in total. The normalized spacial score (nSPS) is 10.1. The van der Waals surface area contributed by atoms with Crippen molar-refractivity contribution in [3.63, 3.8) is 0 Å². The smallest absolute Gasteiger partial charge is 0.233 e. The minimum atomic E-state index is -0.573. The van der Waals surface area contributed by atoms with Crippen molar-refractivity contribution in [1.82, 2.24) is 5.32 Å². The monoisotopic (exact) mass is 304 g/mol. The second kappa shape index (κ2) is 7.31. The highest BCUT2D eigenvalue weighted by atomic mass is 19.1. The van der Waals surface area contributed by atoms with E-state index in [0.29, 0.717) is 5.56 Å². The fourth-order valence-electron chi connectivity index (χ4n) is 1.82. The molecule has 114 valence electrons. The summed E-state index contributed by atoms with van der Waals surface area (Å²) < 4.78 is 26.3. The molecule has 2 rings (SSSR count). The molecule has 0 spiro atoms. The molecule has 0 unspecified atom stereocenters. The number of carbonyl (C=O) groups is 2. The van der Waals surface area contributed by atoms with Crippen LogP contribution < -0.4 is 10.6 Å². The van der Waals surface area contributed by atoms with E-state index < -0.39 is 29.9 Å². The topological polar surface area (TPSA) is 58.2 Å². The van der Waals surface area contributed by atoms with Gasteiger partial charge in [0.1, 0.15) is 18.1 Å². The van der Waals surface area contributed by atoms with Gasteiger partial charge < -0.3 is 10.6 Å². The van der Waals surface area contributed by atoms with Crippen LogP contribution in [0.4, 0.5) is 14.5 Å². The number of rotatable bonds is 5. The van der Waals surface area contributed by atoms with Crippen LogP contribution in [0.3, 0.4) is 0 Å². The molecule has 2 amide bonds. The highest BCUT2D eigenvalue weighted by Crippen LogP contribution is 2.09. The zero-order valence-electron chi connectivity index (χ0n) is 11.6. The summed E-state index contributed by atoms with van der Waals surface area (Å²) in [4.78, 5) is 23.3. The van der Waals surface area contributed by atoms with Crippen LogP contribution in [-0.4, -0.2) is 11.8 Å². The van der Waals surface area contributed by atoms with Crippen LogP contribution in [0.2, 0.25) is 0 Å². The van der Waals surface area contributed by atoms with Gasteiger partial charge in [0.05, 0.1) is 0 Å². The molecule has 22 heavy (non-hydrogen) atoms. The minimum absolute atomic E-state index is 0.00124. The van der Waals surface area contributed by atoms with E-state index in [-0.39, 0.29) is 12.2 Å². The van der Waals surface area contributed by atoms with Gasteiger partial charge in [0.25, 0.3) is 0 Å². The molecule has 0 saturated carbocycles. The van der Waals surface area contributed by atoms with Gasteiger partial charge in [-0.3, -0.25) is 9.59 Å². The molecule has 0 saturated heterocycles. The van der Waals surface area contributed by atoms with Gasteiger partial charge in [-0.2, -0.15) is 0 Å². The summed E-state index contributed by atoms with van der Waals surface area (Å²) in [6.07, 6.45) is -0.426. The maximum Gasteiger partial charge on any atom is 0.233 e. The molecule has 0 aromatic heterocycles. The Bertz CT molecular complexity index is 689. The Labute approximate surface area is 126 Å². The number of carbonyl (C=O) groups excluding carboxylic acids is 2. The second-order valence-electron chi connectivity index (χ2n) is 4.60. The van der Waals surface area contributed by atoms with Crippen LogP contribution in [0.25, 0.3) is 0 Å². The van der Waals surface area contributed by atoms with Crippen molar-refractivity contribution in [2.24, 2.45) is 0 Å². The Morgan fingerprint density at radius 2 is 1.73 bits per heavy atom. The molecule has 0 aliphatic carbocycles. The number of hydrogen-bond acceptors (Lipinski definition) is 2. The molecule has 0 aliphatic rings. The fourth-order valence-corrected chi connectivity index (χ4v) is 1.82. The quantitative estimate of drug-likeness (QED) is 0.834. The Morgan fingerprint density at radius 3 is 2.45 bits per heavy atom. The first-order valence-corrected chi connectivity index (χ1v) is 6.60. The number of nitrogens with one attached hydrogen (secondary N) is 2. The summed E-state index contributed by atoms with van der Waals surface area (Å²) in [6, 6.07) is 11.4.